The minimum absolute atomic E-state index is 0.0521. The summed E-state index contributed by atoms with van der Waals surface area (Å²) in [6, 6.07) is 1.54. The van der Waals surface area contributed by atoms with E-state index in [2.05, 4.69) is 5.10 Å². The third-order valence-corrected chi connectivity index (χ3v) is 4.08. The Kier molecular flexibility index (Phi) is 4.56. The number of anilines is 1. The highest BCUT2D eigenvalue weighted by Gasteiger charge is 2.33. The fourth-order valence-corrected chi connectivity index (χ4v) is 3.04. The van der Waals surface area contributed by atoms with Crippen LogP contribution in [0.3, 0.4) is 0 Å². The smallest absolute Gasteiger partial charge is 0.382 e. The Morgan fingerprint density at radius 3 is 1.87 bits per heavy atom. The van der Waals surface area contributed by atoms with E-state index in [-0.39, 0.29) is 26.6 Å². The first-order valence-corrected chi connectivity index (χ1v) is 7.58. The van der Waals surface area contributed by atoms with Gasteiger partial charge in [0.25, 0.3) is 0 Å². The van der Waals surface area contributed by atoms with Crippen molar-refractivity contribution < 1.29 is 13.2 Å². The molecule has 1 heterocycles. The highest BCUT2D eigenvalue weighted by atomic mass is 35.5. The summed E-state index contributed by atoms with van der Waals surface area (Å²) in [6.07, 6.45) is -4.56. The van der Waals surface area contributed by atoms with Crippen LogP contribution in [0.1, 0.15) is 32.0 Å². The van der Waals surface area contributed by atoms with Crippen LogP contribution in [0.15, 0.2) is 12.1 Å². The molecule has 0 aliphatic rings. The van der Waals surface area contributed by atoms with Crippen molar-refractivity contribution in [3.8, 4) is 5.69 Å². The summed E-state index contributed by atoms with van der Waals surface area (Å²) in [5.74, 6) is 0.0557. The van der Waals surface area contributed by atoms with Crippen molar-refractivity contribution in [3.63, 3.8) is 0 Å². The maximum absolute atomic E-state index is 12.8. The number of nitrogen functional groups attached to an aromatic ring is 1. The molecule has 0 atom stereocenters. The largest absolute Gasteiger partial charge is 0.416 e. The maximum atomic E-state index is 12.8. The van der Waals surface area contributed by atoms with Crippen LogP contribution in [0.25, 0.3) is 5.69 Å². The van der Waals surface area contributed by atoms with E-state index in [1.807, 2.05) is 20.8 Å². The van der Waals surface area contributed by atoms with Gasteiger partial charge in [0.2, 0.25) is 0 Å². The number of rotatable bonds is 1. The van der Waals surface area contributed by atoms with Crippen molar-refractivity contribution in [2.24, 2.45) is 0 Å². The van der Waals surface area contributed by atoms with E-state index in [0.717, 1.165) is 16.8 Å². The summed E-state index contributed by atoms with van der Waals surface area (Å²) in [5.41, 5.74) is 5.09. The number of halogens is 6. The van der Waals surface area contributed by atoms with Gasteiger partial charge in [-0.15, -0.1) is 0 Å². The quantitative estimate of drug-likeness (QED) is 0.680. The maximum Gasteiger partial charge on any atom is 0.416 e. The molecule has 0 amide bonds. The summed E-state index contributed by atoms with van der Waals surface area (Å²) in [6.45, 7) is 5.63. The first-order valence-electron chi connectivity index (χ1n) is 6.45. The second kappa shape index (κ2) is 5.76. The zero-order valence-corrected chi connectivity index (χ0v) is 14.7. The number of nitrogens with zero attached hydrogens (tertiary/aromatic N) is 2. The zero-order valence-electron chi connectivity index (χ0n) is 12.4. The van der Waals surface area contributed by atoms with Gasteiger partial charge in [0, 0.05) is 5.41 Å². The molecule has 0 saturated carbocycles. The van der Waals surface area contributed by atoms with Crippen molar-refractivity contribution in [1.29, 1.82) is 0 Å². The molecular formula is C14H13Cl3F3N3. The van der Waals surface area contributed by atoms with E-state index in [1.165, 1.54) is 0 Å². The lowest BCUT2D eigenvalue weighted by molar-refractivity contribution is -0.137. The van der Waals surface area contributed by atoms with E-state index >= 15 is 0 Å². The first-order chi connectivity index (χ1) is 10.3. The van der Waals surface area contributed by atoms with Crippen molar-refractivity contribution in [1.82, 2.24) is 9.78 Å². The molecule has 0 aliphatic carbocycles. The number of aromatic nitrogens is 2. The molecule has 0 fully saturated rings. The lowest BCUT2D eigenvalue weighted by atomic mass is 9.92. The molecular weight excluding hydrogens is 374 g/mol. The molecule has 1 aromatic heterocycles. The fraction of sp³-hybridized carbons (Fsp3) is 0.357. The SMILES string of the molecule is CC(C)(C)c1nn(-c2c(Cl)cc(C(F)(F)F)cc2Cl)c(N)c1Cl. The number of alkyl halides is 3. The standard InChI is InChI=1S/C14H13Cl3F3N3/c1-13(2,3)11-9(17)12(21)23(22-11)10-7(15)4-6(5-8(10)16)14(18,19)20/h4-5H,21H2,1-3H3. The van der Waals surface area contributed by atoms with Gasteiger partial charge in [-0.2, -0.15) is 18.3 Å². The molecule has 126 valence electrons. The van der Waals surface area contributed by atoms with Crippen molar-refractivity contribution >= 4 is 40.6 Å². The van der Waals surface area contributed by atoms with Crippen LogP contribution in [-0.2, 0) is 11.6 Å². The van der Waals surface area contributed by atoms with Crippen LogP contribution in [-0.4, -0.2) is 9.78 Å². The Bertz CT molecular complexity index is 738. The third-order valence-electron chi connectivity index (χ3n) is 3.13. The minimum Gasteiger partial charge on any atom is -0.382 e. The molecule has 0 unspecified atom stereocenters. The van der Waals surface area contributed by atoms with Crippen LogP contribution in [0.5, 0.6) is 0 Å². The van der Waals surface area contributed by atoms with Gasteiger partial charge < -0.3 is 5.73 Å². The van der Waals surface area contributed by atoms with Gasteiger partial charge in [0.1, 0.15) is 16.5 Å². The molecule has 0 bridgehead atoms. The van der Waals surface area contributed by atoms with Crippen LogP contribution in [0.2, 0.25) is 15.1 Å². The monoisotopic (exact) mass is 385 g/mol. The van der Waals surface area contributed by atoms with Gasteiger partial charge >= 0.3 is 6.18 Å². The second-order valence-corrected chi connectivity index (χ2v) is 7.19. The van der Waals surface area contributed by atoms with E-state index in [4.69, 9.17) is 40.5 Å². The number of hydrogen-bond acceptors (Lipinski definition) is 2. The topological polar surface area (TPSA) is 43.8 Å². The van der Waals surface area contributed by atoms with E-state index in [9.17, 15) is 13.2 Å². The third kappa shape index (κ3) is 3.39. The Labute approximate surface area is 146 Å². The number of nitrogens with two attached hydrogens (primary N) is 1. The van der Waals surface area contributed by atoms with Crippen molar-refractivity contribution in [2.75, 3.05) is 5.73 Å². The van der Waals surface area contributed by atoms with Crippen LogP contribution in [0.4, 0.5) is 19.0 Å². The predicted octanol–water partition coefficient (Wildman–Crippen LogP) is 5.73. The lowest BCUT2D eigenvalue weighted by Gasteiger charge is -2.15. The summed E-state index contributed by atoms with van der Waals surface area (Å²) < 4.78 is 39.6. The molecule has 2 rings (SSSR count). The van der Waals surface area contributed by atoms with E-state index in [0.29, 0.717) is 5.69 Å². The minimum atomic E-state index is -4.56. The van der Waals surface area contributed by atoms with Gasteiger partial charge in [-0.3, -0.25) is 0 Å². The van der Waals surface area contributed by atoms with E-state index < -0.39 is 17.2 Å². The van der Waals surface area contributed by atoms with E-state index in [1.54, 1.807) is 0 Å². The van der Waals surface area contributed by atoms with Gasteiger partial charge in [0.15, 0.2) is 0 Å². The Hall–Kier alpha value is -1.11. The van der Waals surface area contributed by atoms with Crippen molar-refractivity contribution in [2.45, 2.75) is 32.4 Å². The molecule has 2 N–H and O–H groups in total. The summed E-state index contributed by atoms with van der Waals surface area (Å²) >= 11 is 18.1. The summed E-state index contributed by atoms with van der Waals surface area (Å²) in [5, 5.41) is 4.03. The lowest BCUT2D eigenvalue weighted by Crippen LogP contribution is -2.13. The molecule has 0 radical (unpaired) electrons. The molecule has 2 aromatic rings. The van der Waals surface area contributed by atoms with Crippen LogP contribution in [0, 0.1) is 0 Å². The first kappa shape index (κ1) is 18.2. The van der Waals surface area contributed by atoms with Gasteiger partial charge in [-0.25, -0.2) is 4.68 Å². The zero-order chi connectivity index (χ0) is 17.7. The normalized spacial score (nSPS) is 12.7. The molecule has 0 spiro atoms. The molecule has 1 aromatic carbocycles. The fourth-order valence-electron chi connectivity index (χ4n) is 1.99. The average Bonchev–Trinajstić information content (AvgIpc) is 2.65. The highest BCUT2D eigenvalue weighted by molar-refractivity contribution is 6.38. The second-order valence-electron chi connectivity index (χ2n) is 6.00. The Morgan fingerprint density at radius 2 is 1.52 bits per heavy atom. The highest BCUT2D eigenvalue weighted by Crippen LogP contribution is 2.40. The Morgan fingerprint density at radius 1 is 1.04 bits per heavy atom. The van der Waals surface area contributed by atoms with Crippen LogP contribution >= 0.6 is 34.8 Å². The van der Waals surface area contributed by atoms with Gasteiger partial charge in [0.05, 0.1) is 21.3 Å². The number of hydrogen-bond donors (Lipinski definition) is 1. The molecule has 9 heteroatoms. The molecule has 3 nitrogen and oxygen atoms in total. The summed E-state index contributed by atoms with van der Waals surface area (Å²) in [4.78, 5) is 0. The Balaban J connectivity index is 2.69. The summed E-state index contributed by atoms with van der Waals surface area (Å²) in [7, 11) is 0. The molecule has 0 saturated heterocycles. The number of benzene rings is 1. The van der Waals surface area contributed by atoms with Crippen molar-refractivity contribution in [3.05, 3.63) is 38.5 Å². The van der Waals surface area contributed by atoms with Gasteiger partial charge in [-0.1, -0.05) is 55.6 Å². The van der Waals surface area contributed by atoms with Crippen LogP contribution < -0.4 is 5.73 Å². The molecule has 23 heavy (non-hydrogen) atoms. The molecule has 0 aliphatic heterocycles. The average molecular weight is 387 g/mol. The van der Waals surface area contributed by atoms with Gasteiger partial charge in [-0.05, 0) is 12.1 Å². The predicted molar refractivity (Wildman–Crippen MR) is 86.7 cm³/mol.